The molecule has 0 saturated carbocycles. The Kier molecular flexibility index (Phi) is 5.61. The second-order valence-electron chi connectivity index (χ2n) is 5.51. The maximum atomic E-state index is 12.6. The zero-order valence-electron chi connectivity index (χ0n) is 12.8. The summed E-state index contributed by atoms with van der Waals surface area (Å²) in [6.45, 7) is -3.07. The van der Waals surface area contributed by atoms with E-state index in [0.29, 0.717) is 0 Å². The molecule has 1 aliphatic heterocycles. The summed E-state index contributed by atoms with van der Waals surface area (Å²) in [4.78, 5) is 25.4. The van der Waals surface area contributed by atoms with Gasteiger partial charge in [-0.25, -0.2) is 0 Å². The number of nitrogens with zero attached hydrogens (tertiary/aromatic N) is 1. The first-order chi connectivity index (χ1) is 11.3. The Hall–Kier alpha value is -1.93. The van der Waals surface area contributed by atoms with Crippen LogP contribution in [0, 0.1) is 5.41 Å². The van der Waals surface area contributed by atoms with E-state index < -0.39 is 23.9 Å². The van der Waals surface area contributed by atoms with Crippen molar-refractivity contribution in [2.75, 3.05) is 26.8 Å². The summed E-state index contributed by atoms with van der Waals surface area (Å²) < 4.78 is 34.3. The number of methoxy groups -OCH3 is 1. The van der Waals surface area contributed by atoms with Gasteiger partial charge in [0.1, 0.15) is 11.2 Å². The van der Waals surface area contributed by atoms with Crippen LogP contribution in [-0.4, -0.2) is 55.3 Å². The summed E-state index contributed by atoms with van der Waals surface area (Å²) in [5, 5.41) is 9.60. The van der Waals surface area contributed by atoms with Crippen molar-refractivity contribution >= 4 is 23.5 Å². The van der Waals surface area contributed by atoms with Crippen LogP contribution in [0.5, 0.6) is 5.75 Å². The van der Waals surface area contributed by atoms with Crippen molar-refractivity contribution in [2.24, 2.45) is 5.41 Å². The monoisotopic (exact) mass is 363 g/mol. The zero-order chi connectivity index (χ0) is 17.9. The first-order valence-corrected chi connectivity index (χ1v) is 7.43. The lowest BCUT2D eigenvalue weighted by Crippen LogP contribution is -2.40. The number of carboxylic acids is 1. The molecule has 0 bridgehead atoms. The molecule has 1 unspecified atom stereocenters. The van der Waals surface area contributed by atoms with Gasteiger partial charge in [-0.05, 0) is 24.6 Å². The average molecular weight is 364 g/mol. The highest BCUT2D eigenvalue weighted by molar-refractivity contribution is 6.31. The maximum Gasteiger partial charge on any atom is 0.387 e. The Bertz CT molecular complexity index is 642. The lowest BCUT2D eigenvalue weighted by Gasteiger charge is -2.24. The second kappa shape index (κ2) is 7.31. The molecule has 1 N–H and O–H groups in total. The van der Waals surface area contributed by atoms with Crippen LogP contribution in [-0.2, 0) is 9.53 Å². The van der Waals surface area contributed by atoms with Gasteiger partial charge in [0.15, 0.2) is 0 Å². The van der Waals surface area contributed by atoms with Gasteiger partial charge in [0, 0.05) is 25.2 Å². The first kappa shape index (κ1) is 18.4. The van der Waals surface area contributed by atoms with Crippen molar-refractivity contribution < 1.29 is 33.0 Å². The summed E-state index contributed by atoms with van der Waals surface area (Å²) in [6.07, 6.45) is 0.202. The van der Waals surface area contributed by atoms with Crippen molar-refractivity contribution in [3.63, 3.8) is 0 Å². The average Bonchev–Trinajstić information content (AvgIpc) is 2.94. The standard InChI is InChI=1S/C15H16ClF2NO5/c1-23-8-15(13(21)22)4-5-19(7-15)12(20)10-6-9(16)2-3-11(10)24-14(17)18/h2-3,6,14H,4-5,7-8H2,1H3,(H,21,22). The molecule has 1 aromatic rings. The smallest absolute Gasteiger partial charge is 0.387 e. The normalized spacial score (nSPS) is 20.5. The molecular weight excluding hydrogens is 348 g/mol. The predicted molar refractivity (Wildman–Crippen MR) is 80.5 cm³/mol. The SMILES string of the molecule is COCC1(C(=O)O)CCN(C(=O)c2cc(Cl)ccc2OC(F)F)C1. The quantitative estimate of drug-likeness (QED) is 0.840. The van der Waals surface area contributed by atoms with Gasteiger partial charge in [-0.3, -0.25) is 9.59 Å². The van der Waals surface area contributed by atoms with Crippen LogP contribution in [0.3, 0.4) is 0 Å². The molecule has 0 aromatic heterocycles. The number of hydrogen-bond acceptors (Lipinski definition) is 4. The molecule has 0 aliphatic carbocycles. The molecule has 0 spiro atoms. The molecule has 0 radical (unpaired) electrons. The number of alkyl halides is 2. The lowest BCUT2D eigenvalue weighted by atomic mass is 9.88. The minimum Gasteiger partial charge on any atom is -0.481 e. The summed E-state index contributed by atoms with van der Waals surface area (Å²) in [7, 11) is 1.38. The number of carbonyl (C=O) groups is 2. The van der Waals surface area contributed by atoms with Crippen LogP contribution in [0.2, 0.25) is 5.02 Å². The van der Waals surface area contributed by atoms with Crippen molar-refractivity contribution in [3.8, 4) is 5.75 Å². The number of aliphatic carboxylic acids is 1. The number of ether oxygens (including phenoxy) is 2. The lowest BCUT2D eigenvalue weighted by molar-refractivity contribution is -0.151. The molecule has 1 atom stereocenters. The highest BCUT2D eigenvalue weighted by atomic mass is 35.5. The maximum absolute atomic E-state index is 12.6. The van der Waals surface area contributed by atoms with Crippen LogP contribution < -0.4 is 4.74 Å². The third-order valence-corrected chi connectivity index (χ3v) is 4.14. The number of hydrogen-bond donors (Lipinski definition) is 1. The predicted octanol–water partition coefficient (Wildman–Crippen LogP) is 2.50. The fourth-order valence-electron chi connectivity index (χ4n) is 2.71. The van der Waals surface area contributed by atoms with Crippen molar-refractivity contribution in [1.29, 1.82) is 0 Å². The van der Waals surface area contributed by atoms with E-state index in [1.165, 1.54) is 30.2 Å². The summed E-state index contributed by atoms with van der Waals surface area (Å²) in [5.41, 5.74) is -1.35. The van der Waals surface area contributed by atoms with E-state index in [0.717, 1.165) is 0 Å². The number of carboxylic acid groups (broad SMARTS) is 1. The van der Waals surface area contributed by atoms with E-state index in [-0.39, 0.29) is 42.5 Å². The third-order valence-electron chi connectivity index (χ3n) is 3.90. The van der Waals surface area contributed by atoms with E-state index >= 15 is 0 Å². The highest BCUT2D eigenvalue weighted by Gasteiger charge is 2.46. The third kappa shape index (κ3) is 3.76. The Morgan fingerprint density at radius 1 is 1.46 bits per heavy atom. The summed E-state index contributed by atoms with van der Waals surface area (Å²) in [5.74, 6) is -2.00. The molecule has 1 aromatic carbocycles. The van der Waals surface area contributed by atoms with Gasteiger partial charge in [-0.2, -0.15) is 8.78 Å². The van der Waals surface area contributed by atoms with Gasteiger partial charge in [0.05, 0.1) is 12.2 Å². The minimum atomic E-state index is -3.09. The van der Waals surface area contributed by atoms with Gasteiger partial charge in [0.25, 0.3) is 5.91 Å². The highest BCUT2D eigenvalue weighted by Crippen LogP contribution is 2.34. The summed E-state index contributed by atoms with van der Waals surface area (Å²) in [6, 6.07) is 3.72. The van der Waals surface area contributed by atoms with Crippen molar-refractivity contribution in [3.05, 3.63) is 28.8 Å². The molecule has 1 heterocycles. The molecule has 1 saturated heterocycles. The minimum absolute atomic E-state index is 0.0535. The van der Waals surface area contributed by atoms with Crippen LogP contribution in [0.1, 0.15) is 16.8 Å². The van der Waals surface area contributed by atoms with E-state index in [9.17, 15) is 23.5 Å². The molecule has 6 nitrogen and oxygen atoms in total. The zero-order valence-corrected chi connectivity index (χ0v) is 13.6. The molecule has 1 aliphatic rings. The first-order valence-electron chi connectivity index (χ1n) is 7.05. The van der Waals surface area contributed by atoms with E-state index in [1.807, 2.05) is 0 Å². The number of carbonyl (C=O) groups excluding carboxylic acids is 1. The van der Waals surface area contributed by atoms with Gasteiger partial charge in [0.2, 0.25) is 0 Å². The molecule has 9 heteroatoms. The van der Waals surface area contributed by atoms with Crippen LogP contribution in [0.15, 0.2) is 18.2 Å². The topological polar surface area (TPSA) is 76.1 Å². The van der Waals surface area contributed by atoms with Crippen LogP contribution in [0.4, 0.5) is 8.78 Å². The van der Waals surface area contributed by atoms with E-state index in [2.05, 4.69) is 4.74 Å². The second-order valence-corrected chi connectivity index (χ2v) is 5.95. The fourth-order valence-corrected chi connectivity index (χ4v) is 2.89. The molecule has 132 valence electrons. The number of halogens is 3. The van der Waals surface area contributed by atoms with Gasteiger partial charge in [-0.15, -0.1) is 0 Å². The van der Waals surface area contributed by atoms with Crippen LogP contribution >= 0.6 is 11.6 Å². The van der Waals surface area contributed by atoms with Gasteiger partial charge in [-0.1, -0.05) is 11.6 Å². The number of amides is 1. The van der Waals surface area contributed by atoms with Crippen molar-refractivity contribution in [1.82, 2.24) is 4.90 Å². The molecular formula is C15H16ClF2NO5. The molecule has 1 fully saturated rings. The Labute approximate surface area is 141 Å². The summed E-state index contributed by atoms with van der Waals surface area (Å²) >= 11 is 5.83. The Morgan fingerprint density at radius 2 is 2.17 bits per heavy atom. The Morgan fingerprint density at radius 3 is 2.75 bits per heavy atom. The van der Waals surface area contributed by atoms with Gasteiger partial charge >= 0.3 is 12.6 Å². The Balaban J connectivity index is 2.27. The number of rotatable bonds is 6. The van der Waals surface area contributed by atoms with E-state index in [4.69, 9.17) is 16.3 Å². The molecule has 24 heavy (non-hydrogen) atoms. The number of benzene rings is 1. The van der Waals surface area contributed by atoms with Crippen LogP contribution in [0.25, 0.3) is 0 Å². The fraction of sp³-hybridized carbons (Fsp3) is 0.467. The molecule has 2 rings (SSSR count). The van der Waals surface area contributed by atoms with E-state index in [1.54, 1.807) is 0 Å². The van der Waals surface area contributed by atoms with Crippen molar-refractivity contribution in [2.45, 2.75) is 13.0 Å². The molecule has 1 amide bonds. The largest absolute Gasteiger partial charge is 0.481 e. The number of likely N-dealkylation sites (tertiary alicyclic amines) is 1. The van der Waals surface area contributed by atoms with Gasteiger partial charge < -0.3 is 19.5 Å².